The summed E-state index contributed by atoms with van der Waals surface area (Å²) in [4.78, 5) is 128. The Kier molecular flexibility index (Phi) is 36.4. The van der Waals surface area contributed by atoms with E-state index in [2.05, 4.69) is 250 Å². The first kappa shape index (κ1) is 105. The fraction of sp³-hybridized carbons (Fsp3) is 0.587. The Labute approximate surface area is 850 Å². The lowest BCUT2D eigenvalue weighted by Crippen LogP contribution is -2.59. The molecule has 12 amide bonds. The minimum absolute atomic E-state index is 0.0152. The number of pyridine rings is 1. The first-order valence-electron chi connectivity index (χ1n) is 52.9. The summed E-state index contributed by atoms with van der Waals surface area (Å²) in [5, 5.41) is 1.47. The Bertz CT molecular complexity index is 5340. The molecule has 2 atom stereocenters. The minimum atomic E-state index is -3.62. The van der Waals surface area contributed by atoms with Gasteiger partial charge in [-0.3, -0.25) is 9.88 Å². The first-order chi connectivity index (χ1) is 69.2. The van der Waals surface area contributed by atoms with Crippen LogP contribution in [0.5, 0.6) is 0 Å². The van der Waals surface area contributed by atoms with Gasteiger partial charge in [-0.2, -0.15) is 4.31 Å². The Balaban J connectivity index is 0.000000123. The van der Waals surface area contributed by atoms with Crippen LogP contribution in [0.2, 0.25) is 0 Å². The van der Waals surface area contributed by atoms with Crippen molar-refractivity contribution < 1.29 is 41.9 Å². The van der Waals surface area contributed by atoms with Gasteiger partial charge in [0.15, 0.2) is 0 Å². The molecule has 6 aromatic carbocycles. The molecule has 34 heteroatoms. The number of aryl methyl sites for hydroxylation is 4. The highest BCUT2D eigenvalue weighted by atomic mass is 32.2. The number of nitrogens with zero attached hydrogens (tertiary/aromatic N) is 24. The molecule has 776 valence electrons. The van der Waals surface area contributed by atoms with E-state index in [-0.39, 0.29) is 41.8 Å². The summed E-state index contributed by atoms with van der Waals surface area (Å²) in [5.74, 6) is 0. The van der Waals surface area contributed by atoms with Crippen molar-refractivity contribution in [3.63, 3.8) is 0 Å². The van der Waals surface area contributed by atoms with Crippen LogP contribution >= 0.6 is 0 Å². The van der Waals surface area contributed by atoms with Crippen LogP contribution in [0, 0.1) is 20.8 Å². The van der Waals surface area contributed by atoms with Crippen LogP contribution in [-0.2, 0) is 33.4 Å². The Morgan fingerprint density at radius 3 is 1.12 bits per heavy atom. The summed E-state index contributed by atoms with van der Waals surface area (Å²) in [6.07, 6.45) is 8.84. The molecule has 14 aliphatic rings. The van der Waals surface area contributed by atoms with Crippen molar-refractivity contribution in [2.75, 3.05) is 351 Å². The predicted molar refractivity (Wildman–Crippen MR) is 567 cm³/mol. The van der Waals surface area contributed by atoms with Gasteiger partial charge in [0.1, 0.15) is 0 Å². The molecule has 14 heterocycles. The van der Waals surface area contributed by atoms with E-state index in [1.165, 1.54) is 79.6 Å². The molecule has 12 fully saturated rings. The van der Waals surface area contributed by atoms with E-state index in [9.17, 15) is 37.2 Å². The van der Waals surface area contributed by atoms with Crippen LogP contribution in [0.25, 0.3) is 10.8 Å². The summed E-state index contributed by atoms with van der Waals surface area (Å²) in [6, 6.07) is 52.3. The summed E-state index contributed by atoms with van der Waals surface area (Å²) < 4.78 is 34.1. The smallest absolute Gasteiger partial charge is 0.320 e. The molecule has 7 aromatic rings. The molecule has 0 bridgehead atoms. The standard InChI is InChI=1S/C20H30N4O.C19H25N5O3S.C18H28N4O.C18H25N3O2.2C17H26N4O/c1-21-9-11-23(12-10-21)20(25)24-15-13-22(14-16-24)19-8-4-6-17-5-2-3-7-18(17)19;1-21-7-9-22(10-8-21)19(25)23-11-13-24(14-12-23)28(26,27)18-4-2-3-16-15-20-6-5-17(16)18;1-15-5-4-6-17(13-15)22-12-11-21(14-16(22)2)18(23)20-9-7-19(3)8-10-20;1-19-10-12-21(13-11-19)17(22)20-8-6-18(7-9-20)16-5-3-2-4-15(16)14-23-18;2*1-15-4-3-5-16(14-15)19-10-12-21(13-11-19)17(22)20-8-6-18(2)7-9-20/h2-3,5,7,19H,4,6,8-16H2,1H3;2-6,15H,7-14H2,1H3;4-6,13,16H,7-12,14H2,1-3H3;2-5H,6-14H2,1H3;2*3-5,14H,6-13H2,1-2H3. The number of anilines is 3. The van der Waals surface area contributed by atoms with Gasteiger partial charge < -0.3 is 108 Å². The Hall–Kier alpha value is -10.7. The van der Waals surface area contributed by atoms with Crippen LogP contribution in [0.1, 0.15) is 77.6 Å². The van der Waals surface area contributed by atoms with Gasteiger partial charge in [0.2, 0.25) is 10.0 Å². The maximum Gasteiger partial charge on any atom is 0.320 e. The zero-order valence-corrected chi connectivity index (χ0v) is 87.9. The maximum absolute atomic E-state index is 13.2. The fourth-order valence-electron chi connectivity index (χ4n) is 22.2. The van der Waals surface area contributed by atoms with Crippen LogP contribution < -0.4 is 14.7 Å². The maximum atomic E-state index is 13.2. The van der Waals surface area contributed by atoms with E-state index in [0.29, 0.717) is 55.2 Å². The third kappa shape index (κ3) is 27.0. The molecular formula is C109H160N24O9S. The number of ether oxygens (including phenoxy) is 1. The van der Waals surface area contributed by atoms with E-state index in [0.717, 1.165) is 287 Å². The number of fused-ring (bicyclic) bond motifs is 4. The Morgan fingerprint density at radius 2 is 0.699 bits per heavy atom. The zero-order valence-electron chi connectivity index (χ0n) is 87.0. The van der Waals surface area contributed by atoms with E-state index < -0.39 is 10.0 Å². The van der Waals surface area contributed by atoms with E-state index in [4.69, 9.17) is 4.74 Å². The average molecular weight is 1980 g/mol. The second-order valence-electron chi connectivity index (χ2n) is 41.7. The number of urea groups is 6. The topological polar surface area (TPSA) is 233 Å². The van der Waals surface area contributed by atoms with Crippen molar-refractivity contribution in [2.24, 2.45) is 0 Å². The number of carbonyl (C=O) groups is 6. The Morgan fingerprint density at radius 1 is 0.350 bits per heavy atom. The molecule has 21 rings (SSSR count). The van der Waals surface area contributed by atoms with Gasteiger partial charge in [0, 0.05) is 347 Å². The van der Waals surface area contributed by atoms with Crippen molar-refractivity contribution in [3.05, 3.63) is 197 Å². The lowest BCUT2D eigenvalue weighted by atomic mass is 9.84. The molecule has 1 aromatic heterocycles. The number of piperidine rings is 1. The quantitative estimate of drug-likeness (QED) is 0.151. The molecule has 2 unspecified atom stereocenters. The lowest BCUT2D eigenvalue weighted by Gasteiger charge is -2.44. The highest BCUT2D eigenvalue weighted by Gasteiger charge is 2.45. The van der Waals surface area contributed by atoms with Crippen molar-refractivity contribution in [3.8, 4) is 0 Å². The molecule has 1 spiro atoms. The van der Waals surface area contributed by atoms with Crippen LogP contribution in [0.3, 0.4) is 0 Å². The van der Waals surface area contributed by atoms with Crippen molar-refractivity contribution in [1.82, 2.24) is 102 Å². The van der Waals surface area contributed by atoms with Gasteiger partial charge in [-0.25, -0.2) is 37.2 Å². The van der Waals surface area contributed by atoms with Gasteiger partial charge in [-0.05, 0) is 190 Å². The molecule has 33 nitrogen and oxygen atoms in total. The van der Waals surface area contributed by atoms with Crippen molar-refractivity contribution in [2.45, 2.75) is 89.0 Å². The lowest BCUT2D eigenvalue weighted by molar-refractivity contribution is -0.0745. The summed E-state index contributed by atoms with van der Waals surface area (Å²) in [7, 11) is 9.01. The highest BCUT2D eigenvalue weighted by Crippen LogP contribution is 2.45. The van der Waals surface area contributed by atoms with E-state index >= 15 is 0 Å². The van der Waals surface area contributed by atoms with Crippen LogP contribution in [0.15, 0.2) is 163 Å². The monoisotopic (exact) mass is 1980 g/mol. The van der Waals surface area contributed by atoms with Gasteiger partial charge in [-0.15, -0.1) is 0 Å². The molecule has 0 N–H and O–H groups in total. The third-order valence-electron chi connectivity index (χ3n) is 31.7. The van der Waals surface area contributed by atoms with Gasteiger partial charge in [0.05, 0.1) is 17.1 Å². The second-order valence-corrected chi connectivity index (χ2v) is 43.6. The molecule has 143 heavy (non-hydrogen) atoms. The summed E-state index contributed by atoms with van der Waals surface area (Å²) in [6.45, 7) is 47.0. The van der Waals surface area contributed by atoms with Crippen molar-refractivity contribution >= 4 is 74.0 Å². The molecule has 0 saturated carbocycles. The zero-order chi connectivity index (χ0) is 100. The number of likely N-dealkylation sites (tertiary alicyclic amines) is 1. The number of piperazine rings is 11. The number of rotatable bonds is 6. The molecular weight excluding hydrogens is 1820 g/mol. The number of hydrogen-bond acceptors (Lipinski definition) is 20. The number of likely N-dealkylation sites (N-methyl/N-ethyl adjacent to an activating group) is 6. The SMILES string of the molecule is CN1CCN(C(=O)N2CCC3(CC2)OCc2ccccc23)CC1.CN1CCN(C(=O)N2CCN(C3CCCc4ccccc43)CC2)CC1.CN1CCN(C(=O)N2CCN(S(=O)(=O)c3cccc4cnccc34)CC2)CC1.Cc1cccc(N2CCN(C(=O)N3CCN(C)CC3)CC2)c1.Cc1cccc(N2CCN(C(=O)N3CCN(C)CC3)CC2)c1.Cc1cccc(N2CCN(C(=O)N3CCN(C)CC3)CC2C)c1. The molecule has 12 saturated heterocycles. The summed E-state index contributed by atoms with van der Waals surface area (Å²) >= 11 is 0. The number of benzene rings is 6. The molecule has 1 aliphatic carbocycles. The number of sulfonamides is 1. The van der Waals surface area contributed by atoms with Gasteiger partial charge >= 0.3 is 36.2 Å². The predicted octanol–water partition coefficient (Wildman–Crippen LogP) is 9.67. The summed E-state index contributed by atoms with van der Waals surface area (Å²) in [5.41, 5.74) is 13.2. The minimum Gasteiger partial charge on any atom is -0.368 e. The number of aromatic nitrogens is 1. The van der Waals surface area contributed by atoms with Crippen LogP contribution in [-0.4, -0.2) is 490 Å². The van der Waals surface area contributed by atoms with E-state index in [1.54, 1.807) is 35.5 Å². The molecule has 0 radical (unpaired) electrons. The third-order valence-corrected chi connectivity index (χ3v) is 33.6. The average Bonchev–Trinajstić information content (AvgIpc) is 1.50. The van der Waals surface area contributed by atoms with Crippen LogP contribution in [0.4, 0.5) is 45.8 Å². The largest absolute Gasteiger partial charge is 0.368 e. The van der Waals surface area contributed by atoms with E-state index in [1.807, 2.05) is 55.1 Å². The highest BCUT2D eigenvalue weighted by molar-refractivity contribution is 7.89. The number of hydrogen-bond donors (Lipinski definition) is 0. The fourth-order valence-corrected chi connectivity index (χ4v) is 23.9. The second kappa shape index (κ2) is 49.5. The normalized spacial score (nSPS) is 22.3. The first-order valence-corrected chi connectivity index (χ1v) is 54.3. The van der Waals surface area contributed by atoms with Gasteiger partial charge in [-0.1, -0.05) is 97.1 Å². The van der Waals surface area contributed by atoms with Gasteiger partial charge in [0.25, 0.3) is 0 Å². The molecule has 13 aliphatic heterocycles. The van der Waals surface area contributed by atoms with Crippen molar-refractivity contribution in [1.29, 1.82) is 0 Å². The number of carbonyl (C=O) groups excluding carboxylic acids is 6. The number of amides is 12.